The Morgan fingerprint density at radius 2 is 1.83 bits per heavy atom. The van der Waals surface area contributed by atoms with Crippen LogP contribution in [0.2, 0.25) is 0 Å². The smallest absolute Gasteiger partial charge is 0.271 e. The molecule has 1 aromatic carbocycles. The molecule has 2 aliphatic rings. The summed E-state index contributed by atoms with van der Waals surface area (Å²) >= 11 is 0. The van der Waals surface area contributed by atoms with E-state index < -0.39 is 5.54 Å². The second-order valence-corrected chi connectivity index (χ2v) is 10.1. The summed E-state index contributed by atoms with van der Waals surface area (Å²) in [4.78, 5) is 29.5. The average molecular weight is 486 g/mol. The van der Waals surface area contributed by atoms with Gasteiger partial charge in [-0.2, -0.15) is 0 Å². The molecule has 2 aromatic rings. The standard InChI is InChI=1S/C27H39N3O5/c1-6-35-15-7-14-30-25(31)21-16-20-22(33-4)12-13-23(34-5)24(20)29(21)17-27(30,3)26(32)28-19-10-8-18(2)9-11-19/h12-13,16,18-19H,6-11,14-15,17H2,1-5H3,(H,28,32). The van der Waals surface area contributed by atoms with Crippen LogP contribution in [0.5, 0.6) is 11.5 Å². The van der Waals surface area contributed by atoms with Crippen LogP contribution in [0.25, 0.3) is 10.9 Å². The molecule has 1 aliphatic carbocycles. The Bertz CT molecular complexity index is 1070. The number of nitrogens with one attached hydrogen (secondary N) is 1. The number of ether oxygens (including phenoxy) is 3. The number of rotatable bonds is 9. The lowest BCUT2D eigenvalue weighted by molar-refractivity contribution is -0.134. The number of benzene rings is 1. The molecule has 1 unspecified atom stereocenters. The fourth-order valence-corrected chi connectivity index (χ4v) is 5.52. The molecular formula is C27H39N3O5. The van der Waals surface area contributed by atoms with Crippen molar-refractivity contribution >= 4 is 22.7 Å². The Hall–Kier alpha value is -2.74. The summed E-state index contributed by atoms with van der Waals surface area (Å²) in [5, 5.41) is 4.09. The van der Waals surface area contributed by atoms with E-state index in [1.807, 2.05) is 36.6 Å². The number of aromatic nitrogens is 1. The zero-order valence-corrected chi connectivity index (χ0v) is 21.7. The second kappa shape index (κ2) is 10.5. The number of amides is 2. The fraction of sp³-hybridized carbons (Fsp3) is 0.630. The molecule has 2 amide bonds. The van der Waals surface area contributed by atoms with E-state index in [4.69, 9.17) is 14.2 Å². The first-order valence-electron chi connectivity index (χ1n) is 12.8. The van der Waals surface area contributed by atoms with Crippen molar-refractivity contribution in [3.05, 3.63) is 23.9 Å². The number of hydrogen-bond donors (Lipinski definition) is 1. The Morgan fingerprint density at radius 3 is 2.49 bits per heavy atom. The molecule has 0 radical (unpaired) electrons. The molecule has 1 saturated carbocycles. The molecule has 35 heavy (non-hydrogen) atoms. The first kappa shape index (κ1) is 25.4. The highest BCUT2D eigenvalue weighted by molar-refractivity contribution is 6.05. The fourth-order valence-electron chi connectivity index (χ4n) is 5.52. The topological polar surface area (TPSA) is 82.0 Å². The molecule has 1 atom stereocenters. The van der Waals surface area contributed by atoms with Crippen molar-refractivity contribution in [1.82, 2.24) is 14.8 Å². The third kappa shape index (κ3) is 4.73. The van der Waals surface area contributed by atoms with E-state index in [9.17, 15) is 9.59 Å². The summed E-state index contributed by atoms with van der Waals surface area (Å²) < 4.78 is 18.7. The summed E-state index contributed by atoms with van der Waals surface area (Å²) in [6.07, 6.45) is 4.84. The molecule has 1 N–H and O–H groups in total. The first-order chi connectivity index (χ1) is 16.8. The molecule has 1 aromatic heterocycles. The van der Waals surface area contributed by atoms with Gasteiger partial charge in [-0.25, -0.2) is 0 Å². The molecule has 192 valence electrons. The molecule has 4 rings (SSSR count). The van der Waals surface area contributed by atoms with Crippen LogP contribution >= 0.6 is 0 Å². The van der Waals surface area contributed by atoms with E-state index in [-0.39, 0.29) is 17.9 Å². The number of fused-ring (bicyclic) bond motifs is 3. The highest BCUT2D eigenvalue weighted by Gasteiger charge is 2.48. The van der Waals surface area contributed by atoms with Crippen LogP contribution in [-0.4, -0.2) is 66.8 Å². The highest BCUT2D eigenvalue weighted by atomic mass is 16.5. The van der Waals surface area contributed by atoms with Crippen molar-refractivity contribution in [3.63, 3.8) is 0 Å². The van der Waals surface area contributed by atoms with Gasteiger partial charge in [0.2, 0.25) is 5.91 Å². The summed E-state index contributed by atoms with van der Waals surface area (Å²) in [5.41, 5.74) is 0.269. The van der Waals surface area contributed by atoms with Gasteiger partial charge in [0, 0.05) is 31.2 Å². The second-order valence-electron chi connectivity index (χ2n) is 10.1. The first-order valence-corrected chi connectivity index (χ1v) is 12.8. The summed E-state index contributed by atoms with van der Waals surface area (Å²) in [7, 11) is 3.23. The zero-order valence-electron chi connectivity index (χ0n) is 21.7. The van der Waals surface area contributed by atoms with Crippen molar-refractivity contribution < 1.29 is 23.8 Å². The zero-order chi connectivity index (χ0) is 25.2. The van der Waals surface area contributed by atoms with Crippen molar-refractivity contribution in [3.8, 4) is 11.5 Å². The van der Waals surface area contributed by atoms with E-state index >= 15 is 0 Å². The Morgan fingerprint density at radius 1 is 1.14 bits per heavy atom. The van der Waals surface area contributed by atoms with E-state index in [2.05, 4.69) is 12.2 Å². The predicted octanol–water partition coefficient (Wildman–Crippen LogP) is 3.99. The van der Waals surface area contributed by atoms with Crippen LogP contribution in [0.15, 0.2) is 18.2 Å². The Balaban J connectivity index is 1.73. The monoisotopic (exact) mass is 485 g/mol. The lowest BCUT2D eigenvalue weighted by Crippen LogP contribution is -2.65. The maximum absolute atomic E-state index is 13.9. The van der Waals surface area contributed by atoms with Crippen LogP contribution in [-0.2, 0) is 16.1 Å². The van der Waals surface area contributed by atoms with Crippen molar-refractivity contribution in [2.75, 3.05) is 34.0 Å². The number of carbonyl (C=O) groups excluding carboxylic acids is 2. The minimum Gasteiger partial charge on any atom is -0.496 e. The molecule has 0 spiro atoms. The maximum atomic E-state index is 13.9. The number of nitrogens with zero attached hydrogens (tertiary/aromatic N) is 2. The van der Waals surface area contributed by atoms with E-state index in [1.54, 1.807) is 19.1 Å². The quantitative estimate of drug-likeness (QED) is 0.543. The van der Waals surface area contributed by atoms with Crippen molar-refractivity contribution in [1.29, 1.82) is 0 Å². The van der Waals surface area contributed by atoms with Gasteiger partial charge in [0.15, 0.2) is 0 Å². The maximum Gasteiger partial charge on any atom is 0.271 e. The van der Waals surface area contributed by atoms with Crippen LogP contribution in [0.4, 0.5) is 0 Å². The van der Waals surface area contributed by atoms with Crippen molar-refractivity contribution in [2.24, 2.45) is 5.92 Å². The minimum absolute atomic E-state index is 0.101. The molecule has 1 aliphatic heterocycles. The number of hydrogen-bond acceptors (Lipinski definition) is 5. The molecule has 0 bridgehead atoms. The van der Waals surface area contributed by atoms with E-state index in [0.717, 1.165) is 36.6 Å². The lowest BCUT2D eigenvalue weighted by atomic mass is 9.86. The van der Waals surface area contributed by atoms with Gasteiger partial charge in [-0.15, -0.1) is 0 Å². The van der Waals surface area contributed by atoms with Gasteiger partial charge in [0.25, 0.3) is 5.91 Å². The van der Waals surface area contributed by atoms with Gasteiger partial charge in [-0.1, -0.05) is 6.92 Å². The van der Waals surface area contributed by atoms with Gasteiger partial charge in [0.1, 0.15) is 22.7 Å². The molecule has 8 heteroatoms. The normalized spacial score (nSPS) is 24.4. The highest BCUT2D eigenvalue weighted by Crippen LogP contribution is 2.40. The van der Waals surface area contributed by atoms with Crippen LogP contribution < -0.4 is 14.8 Å². The molecule has 8 nitrogen and oxygen atoms in total. The number of methoxy groups -OCH3 is 2. The third-order valence-electron chi connectivity index (χ3n) is 7.66. The Kier molecular flexibility index (Phi) is 7.59. The minimum atomic E-state index is -1.04. The van der Waals surface area contributed by atoms with Gasteiger partial charge >= 0.3 is 0 Å². The summed E-state index contributed by atoms with van der Waals surface area (Å²) in [6, 6.07) is 5.68. The molecule has 0 saturated heterocycles. The average Bonchev–Trinajstić information content (AvgIpc) is 3.23. The summed E-state index contributed by atoms with van der Waals surface area (Å²) in [6.45, 7) is 8.05. The number of carbonyl (C=O) groups is 2. The molecular weight excluding hydrogens is 446 g/mol. The van der Waals surface area contributed by atoms with Gasteiger partial charge in [-0.3, -0.25) is 9.59 Å². The molecule has 2 heterocycles. The van der Waals surface area contributed by atoms with Crippen LogP contribution in [0.3, 0.4) is 0 Å². The summed E-state index contributed by atoms with van der Waals surface area (Å²) in [5.74, 6) is 1.75. The van der Waals surface area contributed by atoms with Gasteiger partial charge < -0.3 is 29.0 Å². The Labute approximate surface area is 207 Å². The van der Waals surface area contributed by atoms with Gasteiger partial charge in [-0.05, 0) is 70.1 Å². The largest absolute Gasteiger partial charge is 0.496 e. The van der Waals surface area contributed by atoms with E-state index in [1.165, 1.54) is 0 Å². The SMILES string of the molecule is CCOCCCN1C(=O)c2cc3c(OC)ccc(OC)c3n2CC1(C)C(=O)NC1CCC(C)CC1. The predicted molar refractivity (Wildman–Crippen MR) is 135 cm³/mol. The van der Waals surface area contributed by atoms with E-state index in [0.29, 0.717) is 55.8 Å². The molecule has 1 fully saturated rings. The van der Waals surface area contributed by atoms with Crippen LogP contribution in [0, 0.1) is 5.92 Å². The lowest BCUT2D eigenvalue weighted by Gasteiger charge is -2.45. The van der Waals surface area contributed by atoms with Gasteiger partial charge in [0.05, 0.1) is 26.3 Å². The third-order valence-corrected chi connectivity index (χ3v) is 7.66. The van der Waals surface area contributed by atoms with Crippen molar-refractivity contribution in [2.45, 2.75) is 71.0 Å². The van der Waals surface area contributed by atoms with Crippen LogP contribution in [0.1, 0.15) is 63.4 Å².